The second-order valence-electron chi connectivity index (χ2n) is 4.53. The largest absolute Gasteiger partial charge is 0.452 e. The van der Waals surface area contributed by atoms with Gasteiger partial charge in [0.05, 0.1) is 5.56 Å². The molecule has 2 rings (SSSR count). The van der Waals surface area contributed by atoms with Crippen molar-refractivity contribution in [2.24, 2.45) is 0 Å². The van der Waals surface area contributed by atoms with E-state index >= 15 is 0 Å². The van der Waals surface area contributed by atoms with Crippen LogP contribution in [-0.2, 0) is 9.53 Å². The standard InChI is InChI=1S/C17H16INO3/c1-2-19(13-8-4-3-5-9-13)16(20)12-22-17(21)14-10-6-7-11-15(14)18/h3-11H,2,12H2,1H3. The molecule has 0 atom stereocenters. The lowest BCUT2D eigenvalue weighted by Gasteiger charge is -2.20. The van der Waals surface area contributed by atoms with Gasteiger partial charge in [0.2, 0.25) is 0 Å². The average molecular weight is 409 g/mol. The molecule has 0 aliphatic rings. The highest BCUT2D eigenvalue weighted by Gasteiger charge is 2.17. The third-order valence-corrected chi connectivity index (χ3v) is 4.05. The molecule has 2 aromatic rings. The minimum atomic E-state index is -0.484. The van der Waals surface area contributed by atoms with Gasteiger partial charge in [-0.2, -0.15) is 0 Å². The number of hydrogen-bond acceptors (Lipinski definition) is 3. The van der Waals surface area contributed by atoms with Crippen LogP contribution in [0.2, 0.25) is 0 Å². The molecule has 114 valence electrons. The van der Waals surface area contributed by atoms with Gasteiger partial charge in [-0.15, -0.1) is 0 Å². The van der Waals surface area contributed by atoms with Gasteiger partial charge < -0.3 is 9.64 Å². The van der Waals surface area contributed by atoms with E-state index in [1.807, 2.05) is 49.4 Å². The smallest absolute Gasteiger partial charge is 0.339 e. The van der Waals surface area contributed by atoms with Gasteiger partial charge in [-0.25, -0.2) is 4.79 Å². The van der Waals surface area contributed by atoms with E-state index in [1.165, 1.54) is 0 Å². The minimum absolute atomic E-state index is 0.243. The zero-order valence-electron chi connectivity index (χ0n) is 12.2. The molecule has 0 N–H and O–H groups in total. The van der Waals surface area contributed by atoms with Crippen LogP contribution >= 0.6 is 22.6 Å². The summed E-state index contributed by atoms with van der Waals surface area (Å²) in [5.41, 5.74) is 1.26. The summed E-state index contributed by atoms with van der Waals surface area (Å²) in [6.07, 6.45) is 0. The summed E-state index contributed by atoms with van der Waals surface area (Å²) < 4.78 is 5.94. The van der Waals surface area contributed by atoms with Crippen molar-refractivity contribution >= 4 is 40.2 Å². The Bertz CT molecular complexity index is 658. The average Bonchev–Trinajstić information content (AvgIpc) is 2.55. The lowest BCUT2D eigenvalue weighted by atomic mass is 10.2. The second-order valence-corrected chi connectivity index (χ2v) is 5.69. The van der Waals surface area contributed by atoms with Gasteiger partial charge in [0.25, 0.3) is 5.91 Å². The van der Waals surface area contributed by atoms with Crippen LogP contribution in [0.25, 0.3) is 0 Å². The number of likely N-dealkylation sites (N-methyl/N-ethyl adjacent to an activating group) is 1. The van der Waals surface area contributed by atoms with E-state index < -0.39 is 5.97 Å². The molecule has 0 aliphatic heterocycles. The lowest BCUT2D eigenvalue weighted by molar-refractivity contribution is -0.121. The number of rotatable bonds is 5. The van der Waals surface area contributed by atoms with Crippen LogP contribution in [-0.4, -0.2) is 25.0 Å². The summed E-state index contributed by atoms with van der Waals surface area (Å²) in [5, 5.41) is 0. The van der Waals surface area contributed by atoms with Crippen molar-refractivity contribution in [3.63, 3.8) is 0 Å². The Labute approximate surface area is 143 Å². The summed E-state index contributed by atoms with van der Waals surface area (Å²) in [7, 11) is 0. The van der Waals surface area contributed by atoms with E-state index in [2.05, 4.69) is 22.6 Å². The first kappa shape index (κ1) is 16.5. The summed E-state index contributed by atoms with van der Waals surface area (Å²) in [5.74, 6) is -0.726. The molecule has 0 spiro atoms. The van der Waals surface area contributed by atoms with Crippen molar-refractivity contribution in [3.8, 4) is 0 Å². The molecule has 0 saturated heterocycles. The monoisotopic (exact) mass is 409 g/mol. The van der Waals surface area contributed by atoms with Crippen LogP contribution in [0.5, 0.6) is 0 Å². The van der Waals surface area contributed by atoms with Gasteiger partial charge >= 0.3 is 5.97 Å². The maximum absolute atomic E-state index is 12.2. The topological polar surface area (TPSA) is 46.6 Å². The number of anilines is 1. The van der Waals surface area contributed by atoms with Gasteiger partial charge in [-0.05, 0) is 53.8 Å². The zero-order valence-corrected chi connectivity index (χ0v) is 14.3. The highest BCUT2D eigenvalue weighted by atomic mass is 127. The molecule has 0 bridgehead atoms. The van der Waals surface area contributed by atoms with E-state index in [0.29, 0.717) is 12.1 Å². The number of nitrogens with zero attached hydrogens (tertiary/aromatic N) is 1. The molecule has 5 heteroatoms. The molecule has 22 heavy (non-hydrogen) atoms. The first-order valence-electron chi connectivity index (χ1n) is 6.90. The SMILES string of the molecule is CCN(C(=O)COC(=O)c1ccccc1I)c1ccccc1. The first-order chi connectivity index (χ1) is 10.6. The van der Waals surface area contributed by atoms with Crippen molar-refractivity contribution in [1.82, 2.24) is 0 Å². The molecule has 0 saturated carbocycles. The molecule has 0 unspecified atom stereocenters. The lowest BCUT2D eigenvalue weighted by Crippen LogP contribution is -2.34. The van der Waals surface area contributed by atoms with E-state index in [4.69, 9.17) is 4.74 Å². The predicted molar refractivity (Wildman–Crippen MR) is 93.9 cm³/mol. The van der Waals surface area contributed by atoms with Gasteiger partial charge in [0.1, 0.15) is 0 Å². The highest BCUT2D eigenvalue weighted by molar-refractivity contribution is 14.1. The summed E-state index contributed by atoms with van der Waals surface area (Å²) in [6, 6.07) is 16.4. The van der Waals surface area contributed by atoms with Crippen LogP contribution in [0.1, 0.15) is 17.3 Å². The summed E-state index contributed by atoms with van der Waals surface area (Å²) in [4.78, 5) is 25.8. The molecular weight excluding hydrogens is 393 g/mol. The van der Waals surface area contributed by atoms with Crippen LogP contribution in [0.3, 0.4) is 0 Å². The first-order valence-corrected chi connectivity index (χ1v) is 7.98. The van der Waals surface area contributed by atoms with Crippen LogP contribution in [0.15, 0.2) is 54.6 Å². The molecule has 2 aromatic carbocycles. The molecule has 4 nitrogen and oxygen atoms in total. The maximum Gasteiger partial charge on any atom is 0.339 e. The number of hydrogen-bond donors (Lipinski definition) is 0. The number of carbonyl (C=O) groups is 2. The molecule has 1 amide bonds. The quantitative estimate of drug-likeness (QED) is 0.561. The van der Waals surface area contributed by atoms with Crippen molar-refractivity contribution in [2.45, 2.75) is 6.92 Å². The fraction of sp³-hybridized carbons (Fsp3) is 0.176. The number of esters is 1. The Morgan fingerprint density at radius 2 is 1.68 bits per heavy atom. The number of halogens is 1. The normalized spacial score (nSPS) is 10.1. The third kappa shape index (κ3) is 4.07. The molecule has 0 aliphatic carbocycles. The van der Waals surface area contributed by atoms with Crippen molar-refractivity contribution < 1.29 is 14.3 Å². The maximum atomic E-state index is 12.2. The van der Waals surface area contributed by atoms with Gasteiger partial charge in [-0.3, -0.25) is 4.79 Å². The highest BCUT2D eigenvalue weighted by Crippen LogP contribution is 2.15. The summed E-state index contributed by atoms with van der Waals surface area (Å²) in [6.45, 7) is 2.13. The molecule has 0 aromatic heterocycles. The third-order valence-electron chi connectivity index (χ3n) is 3.11. The number of ether oxygens (including phenoxy) is 1. The fourth-order valence-corrected chi connectivity index (χ4v) is 2.63. The Morgan fingerprint density at radius 3 is 2.32 bits per heavy atom. The molecule has 0 fully saturated rings. The van der Waals surface area contributed by atoms with Crippen molar-refractivity contribution in [1.29, 1.82) is 0 Å². The molecule has 0 heterocycles. The van der Waals surface area contributed by atoms with Crippen LogP contribution in [0, 0.1) is 3.57 Å². The Kier molecular flexibility index (Phi) is 5.94. The number of benzene rings is 2. The zero-order chi connectivity index (χ0) is 15.9. The number of amides is 1. The Hall–Kier alpha value is -1.89. The summed E-state index contributed by atoms with van der Waals surface area (Å²) >= 11 is 2.07. The van der Waals surface area contributed by atoms with Gasteiger partial charge in [0.15, 0.2) is 6.61 Å². The predicted octanol–water partition coefficient (Wildman–Crippen LogP) is 3.50. The van der Waals surface area contributed by atoms with E-state index in [1.54, 1.807) is 17.0 Å². The molecule has 0 radical (unpaired) electrons. The van der Waals surface area contributed by atoms with Gasteiger partial charge in [0, 0.05) is 15.8 Å². The van der Waals surface area contributed by atoms with Crippen molar-refractivity contribution in [3.05, 3.63) is 63.7 Å². The van der Waals surface area contributed by atoms with Gasteiger partial charge in [-0.1, -0.05) is 30.3 Å². The molecular formula is C17H16INO3. The Balaban J connectivity index is 2.00. The number of para-hydroxylation sites is 1. The Morgan fingerprint density at radius 1 is 1.05 bits per heavy atom. The van der Waals surface area contributed by atoms with Crippen LogP contribution in [0.4, 0.5) is 5.69 Å². The van der Waals surface area contributed by atoms with Crippen LogP contribution < -0.4 is 4.90 Å². The van der Waals surface area contributed by atoms with E-state index in [-0.39, 0.29) is 12.5 Å². The van der Waals surface area contributed by atoms with Crippen molar-refractivity contribution in [2.75, 3.05) is 18.1 Å². The fourth-order valence-electron chi connectivity index (χ4n) is 2.02. The second kappa shape index (κ2) is 7.93. The number of carbonyl (C=O) groups excluding carboxylic acids is 2. The van der Waals surface area contributed by atoms with E-state index in [0.717, 1.165) is 9.26 Å². The minimum Gasteiger partial charge on any atom is -0.452 e. The van der Waals surface area contributed by atoms with E-state index in [9.17, 15) is 9.59 Å².